The average molecular weight is 668 g/mol. The van der Waals surface area contributed by atoms with Crippen LogP contribution in [0.15, 0.2) is 90.8 Å². The minimum Gasteiger partial charge on any atom is -0.512 e. The normalized spacial score (nSPS) is 13.4. The summed E-state index contributed by atoms with van der Waals surface area (Å²) in [6.07, 6.45) is 3.08. The van der Waals surface area contributed by atoms with Crippen LogP contribution in [0.4, 0.5) is 0 Å². The third-order valence-corrected chi connectivity index (χ3v) is 10.1. The maximum Gasteiger partial charge on any atom is 0.155 e. The molecule has 0 amide bonds. The number of carbonyl (C=O) groups is 1. The average Bonchev–Trinajstić information content (AvgIpc) is 3.14. The van der Waals surface area contributed by atoms with Crippen molar-refractivity contribution in [3.05, 3.63) is 96.9 Å². The van der Waals surface area contributed by atoms with Gasteiger partial charge in [-0.25, -0.2) is 0 Å². The summed E-state index contributed by atoms with van der Waals surface area (Å²) in [7, 11) is -1.92. The van der Waals surface area contributed by atoms with Crippen LogP contribution in [0.25, 0.3) is 38.8 Å². The van der Waals surface area contributed by atoms with Gasteiger partial charge < -0.3 is 14.7 Å². The number of hydrogen-bond donors (Lipinski definition) is 1. The van der Waals surface area contributed by atoms with Crippen molar-refractivity contribution < 1.29 is 30.0 Å². The third-order valence-electron chi connectivity index (χ3n) is 6.57. The number of allylic oxidation sites excluding steroid dienone is 2. The molecule has 3 aromatic carbocycles. The van der Waals surface area contributed by atoms with Gasteiger partial charge in [0, 0.05) is 43.6 Å². The van der Waals surface area contributed by atoms with Gasteiger partial charge in [0.1, 0.15) is 8.07 Å². The molecule has 0 aliphatic carbocycles. The maximum absolute atomic E-state index is 10.0. The number of pyridine rings is 1. The number of hydrogen-bond acceptors (Lipinski definition) is 3. The van der Waals surface area contributed by atoms with Crippen molar-refractivity contribution >= 4 is 46.0 Å². The van der Waals surface area contributed by atoms with Crippen LogP contribution in [0.2, 0.25) is 13.1 Å². The Kier molecular flexibility index (Phi) is 7.14. The molecule has 0 saturated carbocycles. The molecule has 3 heterocycles. The minimum absolute atomic E-state index is 0. The van der Waals surface area contributed by atoms with E-state index >= 15 is 0 Å². The van der Waals surface area contributed by atoms with Crippen LogP contribution in [-0.4, -0.2) is 28.5 Å². The molecule has 0 spiro atoms. The summed E-state index contributed by atoms with van der Waals surface area (Å²) in [5.74, 6) is -0.0625. The van der Waals surface area contributed by atoms with E-state index in [0.29, 0.717) is 0 Å². The number of rotatable bonds is 2. The first-order chi connectivity index (χ1) is 16.8. The molecule has 6 rings (SSSR count). The zero-order valence-corrected chi connectivity index (χ0v) is 24.1. The van der Waals surface area contributed by atoms with Crippen molar-refractivity contribution in [1.29, 1.82) is 0 Å². The monoisotopic (exact) mass is 668 g/mol. The van der Waals surface area contributed by atoms with E-state index in [2.05, 4.69) is 90.5 Å². The molecule has 1 aliphatic rings. The Bertz CT molecular complexity index is 1620. The molecule has 0 unspecified atom stereocenters. The second-order valence-electron chi connectivity index (χ2n) is 9.40. The Hall–Kier alpha value is -3.31. The van der Waals surface area contributed by atoms with Gasteiger partial charge in [-0.1, -0.05) is 65.3 Å². The standard InChI is InChI=1S/C25H19N2Si.C5H8O2.Ir/c1-28(2)21-14-7-13-20-24(21)23-18(25-22(28)15-8-16-26-25)11-6-12-19(23)27(20)17-9-4-3-5-10-17;1-4(6)3-5(2)7;/h3-10,12-16H,1-2H3;3,6H,1-2H3;/q-1;;/b;4-3-;. The van der Waals surface area contributed by atoms with Crippen LogP contribution < -0.4 is 10.4 Å². The molecule has 183 valence electrons. The molecule has 1 radical (unpaired) electrons. The molecule has 2 aromatic heterocycles. The number of ketones is 1. The van der Waals surface area contributed by atoms with E-state index in [-0.39, 0.29) is 31.6 Å². The molecule has 36 heavy (non-hydrogen) atoms. The van der Waals surface area contributed by atoms with Crippen molar-refractivity contribution in [2.75, 3.05) is 0 Å². The third kappa shape index (κ3) is 4.26. The summed E-state index contributed by atoms with van der Waals surface area (Å²) in [6.45, 7) is 7.74. The predicted molar refractivity (Wildman–Crippen MR) is 147 cm³/mol. The van der Waals surface area contributed by atoms with E-state index in [4.69, 9.17) is 10.1 Å². The molecule has 5 aromatic rings. The van der Waals surface area contributed by atoms with E-state index in [1.54, 1.807) is 0 Å². The SMILES string of the molecule is CC(=O)/C=C(/C)O.C[Si]1(C)c2cccnc2-c2[c-]ccc3c2c2c1cccc2n3-c1ccccc1.[Ir]. The molecule has 4 nitrogen and oxygen atoms in total. The molecular weight excluding hydrogens is 641 g/mol. The number of benzene rings is 3. The molecule has 0 atom stereocenters. The minimum atomic E-state index is -1.92. The molecule has 0 saturated heterocycles. The predicted octanol–water partition coefficient (Wildman–Crippen LogP) is 5.82. The van der Waals surface area contributed by atoms with Gasteiger partial charge in [0.05, 0.1) is 5.76 Å². The maximum atomic E-state index is 10.0. The fourth-order valence-corrected chi connectivity index (χ4v) is 8.13. The fourth-order valence-electron chi connectivity index (χ4n) is 5.16. The summed E-state index contributed by atoms with van der Waals surface area (Å²) in [4.78, 5) is 14.9. The first kappa shape index (κ1) is 25.8. The van der Waals surface area contributed by atoms with Gasteiger partial charge in [-0.05, 0) is 54.7 Å². The Morgan fingerprint density at radius 1 is 0.917 bits per heavy atom. The van der Waals surface area contributed by atoms with Crippen molar-refractivity contribution in [3.8, 4) is 16.9 Å². The van der Waals surface area contributed by atoms with Crippen LogP contribution in [-0.2, 0) is 24.9 Å². The summed E-state index contributed by atoms with van der Waals surface area (Å²) >= 11 is 0. The zero-order valence-electron chi connectivity index (χ0n) is 20.7. The Balaban J connectivity index is 0.000000338. The van der Waals surface area contributed by atoms with Gasteiger partial charge in [0.25, 0.3) is 0 Å². The van der Waals surface area contributed by atoms with E-state index in [0.717, 1.165) is 11.3 Å². The van der Waals surface area contributed by atoms with Gasteiger partial charge >= 0.3 is 0 Å². The summed E-state index contributed by atoms with van der Waals surface area (Å²) in [5.41, 5.74) is 5.93. The van der Waals surface area contributed by atoms with E-state index < -0.39 is 8.07 Å². The van der Waals surface area contributed by atoms with Crippen LogP contribution in [0.3, 0.4) is 0 Å². The molecule has 6 heteroatoms. The topological polar surface area (TPSA) is 55.1 Å². The van der Waals surface area contributed by atoms with E-state index in [1.165, 1.54) is 57.8 Å². The van der Waals surface area contributed by atoms with Crippen molar-refractivity contribution in [2.24, 2.45) is 0 Å². The quantitative estimate of drug-likeness (QED) is 0.112. The fraction of sp³-hybridized carbons (Fsp3) is 0.133. The van der Waals surface area contributed by atoms with Crippen molar-refractivity contribution in [1.82, 2.24) is 9.55 Å². The van der Waals surface area contributed by atoms with Crippen LogP contribution in [0.5, 0.6) is 0 Å². The molecule has 0 fully saturated rings. The van der Waals surface area contributed by atoms with Crippen LogP contribution >= 0.6 is 0 Å². The summed E-state index contributed by atoms with van der Waals surface area (Å²) in [5, 5.41) is 13.9. The molecular formula is C30H27IrN2O2Si-. The number of nitrogens with zero attached hydrogens (tertiary/aromatic N) is 2. The molecule has 0 bridgehead atoms. The van der Waals surface area contributed by atoms with Gasteiger partial charge in [-0.3, -0.25) is 4.79 Å². The Labute approximate surface area is 225 Å². The summed E-state index contributed by atoms with van der Waals surface area (Å²) < 4.78 is 2.39. The Morgan fingerprint density at radius 3 is 2.28 bits per heavy atom. The van der Waals surface area contributed by atoms with Crippen LogP contribution in [0, 0.1) is 6.07 Å². The van der Waals surface area contributed by atoms with Crippen molar-refractivity contribution in [3.63, 3.8) is 0 Å². The van der Waals surface area contributed by atoms with Gasteiger partial charge in [-0.15, -0.1) is 23.8 Å². The second kappa shape index (κ2) is 9.98. The van der Waals surface area contributed by atoms with Crippen molar-refractivity contribution in [2.45, 2.75) is 26.9 Å². The number of carbonyl (C=O) groups excluding carboxylic acids is 1. The number of fused-ring (bicyclic) bond motifs is 2. The zero-order chi connectivity index (χ0) is 24.7. The number of aliphatic hydroxyl groups is 1. The first-order valence-electron chi connectivity index (χ1n) is 11.7. The second-order valence-corrected chi connectivity index (χ2v) is 13.7. The molecule has 1 N–H and O–H groups in total. The summed E-state index contributed by atoms with van der Waals surface area (Å²) in [6, 6.07) is 29.6. The Morgan fingerprint density at radius 2 is 1.61 bits per heavy atom. The van der Waals surface area contributed by atoms with Gasteiger partial charge in [0.2, 0.25) is 0 Å². The van der Waals surface area contributed by atoms with E-state index in [9.17, 15) is 4.79 Å². The number of aliphatic hydroxyl groups excluding tert-OH is 1. The van der Waals surface area contributed by atoms with Crippen LogP contribution in [0.1, 0.15) is 13.8 Å². The molecule has 1 aliphatic heterocycles. The first-order valence-corrected chi connectivity index (χ1v) is 14.7. The number of para-hydroxylation sites is 1. The number of aromatic nitrogens is 2. The smallest absolute Gasteiger partial charge is 0.155 e. The van der Waals surface area contributed by atoms with Gasteiger partial charge in [0.15, 0.2) is 5.78 Å². The van der Waals surface area contributed by atoms with E-state index in [1.807, 2.05) is 12.3 Å². The largest absolute Gasteiger partial charge is 0.512 e. The van der Waals surface area contributed by atoms with Gasteiger partial charge in [-0.2, -0.15) is 0 Å².